The lowest BCUT2D eigenvalue weighted by Crippen LogP contribution is -2.25. The molecule has 1 heterocycles. The van der Waals surface area contributed by atoms with Gasteiger partial charge in [-0.3, -0.25) is 4.79 Å². The van der Waals surface area contributed by atoms with Crippen LogP contribution in [0.4, 0.5) is 13.2 Å². The Bertz CT molecular complexity index is 577. The number of halogens is 3. The number of hydrogen-bond acceptors (Lipinski definition) is 3. The number of ether oxygens (including phenoxy) is 1. The summed E-state index contributed by atoms with van der Waals surface area (Å²) in [6.07, 6.45) is -4.50. The highest BCUT2D eigenvalue weighted by Crippen LogP contribution is 2.14. The highest BCUT2D eigenvalue weighted by atomic mass is 19.4. The first-order valence-corrected chi connectivity index (χ1v) is 6.29. The summed E-state index contributed by atoms with van der Waals surface area (Å²) < 4.78 is 39.8. The third kappa shape index (κ3) is 5.07. The lowest BCUT2D eigenvalue weighted by atomic mass is 10.3. The number of aromatic nitrogens is 2. The van der Waals surface area contributed by atoms with E-state index in [-0.39, 0.29) is 19.6 Å². The van der Waals surface area contributed by atoms with Crippen molar-refractivity contribution in [2.45, 2.75) is 19.1 Å². The van der Waals surface area contributed by atoms with Gasteiger partial charge < -0.3 is 15.0 Å². The number of carbonyl (C=O) groups excluding carboxylic acids is 1. The molecule has 1 aromatic heterocycles. The predicted octanol–water partition coefficient (Wildman–Crippen LogP) is 2.15. The van der Waals surface area contributed by atoms with Crippen molar-refractivity contribution in [1.82, 2.24) is 15.3 Å². The SMILES string of the molecule is O=C(CCOCC(F)(F)F)NCc1nc2ccccc2[nH]1. The second kappa shape index (κ2) is 6.57. The molecule has 1 aromatic carbocycles. The minimum Gasteiger partial charge on any atom is -0.372 e. The first kappa shape index (κ1) is 15.3. The van der Waals surface area contributed by atoms with E-state index in [9.17, 15) is 18.0 Å². The van der Waals surface area contributed by atoms with Gasteiger partial charge in [-0.1, -0.05) is 12.1 Å². The van der Waals surface area contributed by atoms with Gasteiger partial charge in [-0.2, -0.15) is 13.2 Å². The first-order chi connectivity index (χ1) is 9.94. The molecule has 0 fully saturated rings. The molecule has 21 heavy (non-hydrogen) atoms. The standard InChI is InChI=1S/C13H14F3N3O2/c14-13(15,16)8-21-6-5-12(20)17-7-11-18-9-3-1-2-4-10(9)19-11/h1-4H,5-8H2,(H,17,20)(H,18,19). The van der Waals surface area contributed by atoms with Crippen molar-refractivity contribution in [3.05, 3.63) is 30.1 Å². The molecule has 0 saturated heterocycles. The fourth-order valence-corrected chi connectivity index (χ4v) is 1.71. The Labute approximate surface area is 118 Å². The van der Waals surface area contributed by atoms with Crippen molar-refractivity contribution in [3.63, 3.8) is 0 Å². The van der Waals surface area contributed by atoms with E-state index in [0.717, 1.165) is 11.0 Å². The van der Waals surface area contributed by atoms with Crippen molar-refractivity contribution in [2.24, 2.45) is 0 Å². The molecule has 2 aromatic rings. The average molecular weight is 301 g/mol. The maximum absolute atomic E-state index is 11.8. The minimum absolute atomic E-state index is 0.129. The Kier molecular flexibility index (Phi) is 4.79. The highest BCUT2D eigenvalue weighted by molar-refractivity contribution is 5.77. The number of H-pyrrole nitrogens is 1. The topological polar surface area (TPSA) is 67.0 Å². The number of nitrogens with one attached hydrogen (secondary N) is 2. The number of benzene rings is 1. The van der Waals surface area contributed by atoms with Crippen LogP contribution in [0.25, 0.3) is 11.0 Å². The fourth-order valence-electron chi connectivity index (χ4n) is 1.71. The van der Waals surface area contributed by atoms with E-state index >= 15 is 0 Å². The van der Waals surface area contributed by atoms with Gasteiger partial charge in [-0.15, -0.1) is 0 Å². The molecule has 0 aliphatic rings. The molecule has 0 aliphatic carbocycles. The number of nitrogens with zero attached hydrogens (tertiary/aromatic N) is 1. The summed E-state index contributed by atoms with van der Waals surface area (Å²) in [5, 5.41) is 2.56. The molecule has 0 spiro atoms. The third-order valence-corrected chi connectivity index (χ3v) is 2.63. The van der Waals surface area contributed by atoms with Gasteiger partial charge in [0.25, 0.3) is 0 Å². The van der Waals surface area contributed by atoms with Crippen molar-refractivity contribution in [2.75, 3.05) is 13.2 Å². The van der Waals surface area contributed by atoms with Crippen LogP contribution >= 0.6 is 0 Å². The second-order valence-corrected chi connectivity index (χ2v) is 4.40. The summed E-state index contributed by atoms with van der Waals surface area (Å²) in [4.78, 5) is 18.7. The van der Waals surface area contributed by atoms with Crippen LogP contribution in [0.1, 0.15) is 12.2 Å². The summed E-state index contributed by atoms with van der Waals surface area (Å²) in [6.45, 7) is -1.43. The zero-order valence-electron chi connectivity index (χ0n) is 11.0. The Hall–Kier alpha value is -2.09. The van der Waals surface area contributed by atoms with E-state index in [0.29, 0.717) is 5.82 Å². The van der Waals surface area contributed by atoms with E-state index < -0.39 is 18.7 Å². The molecule has 0 radical (unpaired) electrons. The van der Waals surface area contributed by atoms with Crippen LogP contribution in [0, 0.1) is 0 Å². The molecule has 2 rings (SSSR count). The Balaban J connectivity index is 1.71. The molecule has 114 valence electrons. The normalized spacial score (nSPS) is 11.8. The third-order valence-electron chi connectivity index (χ3n) is 2.63. The smallest absolute Gasteiger partial charge is 0.372 e. The molecule has 0 atom stereocenters. The van der Waals surface area contributed by atoms with Crippen LogP contribution in [-0.4, -0.2) is 35.3 Å². The minimum atomic E-state index is -4.37. The van der Waals surface area contributed by atoms with Crippen molar-refractivity contribution < 1.29 is 22.7 Å². The number of hydrogen-bond donors (Lipinski definition) is 2. The summed E-state index contributed by atoms with van der Waals surface area (Å²) in [6, 6.07) is 7.41. The molecule has 5 nitrogen and oxygen atoms in total. The van der Waals surface area contributed by atoms with E-state index in [1.54, 1.807) is 0 Å². The van der Waals surface area contributed by atoms with E-state index in [1.807, 2.05) is 24.3 Å². The number of fused-ring (bicyclic) bond motifs is 1. The first-order valence-electron chi connectivity index (χ1n) is 6.29. The number of rotatable bonds is 6. The molecule has 0 aliphatic heterocycles. The number of alkyl halides is 3. The van der Waals surface area contributed by atoms with Crippen molar-refractivity contribution in [1.29, 1.82) is 0 Å². The Morgan fingerprint density at radius 3 is 2.81 bits per heavy atom. The number of carbonyl (C=O) groups is 1. The van der Waals surface area contributed by atoms with Crippen molar-refractivity contribution in [3.8, 4) is 0 Å². The largest absolute Gasteiger partial charge is 0.411 e. The summed E-state index contributed by atoms with van der Waals surface area (Å²) >= 11 is 0. The number of aromatic amines is 1. The fraction of sp³-hybridized carbons (Fsp3) is 0.385. The van der Waals surface area contributed by atoms with Crippen LogP contribution in [0.5, 0.6) is 0 Å². The Morgan fingerprint density at radius 1 is 1.33 bits per heavy atom. The quantitative estimate of drug-likeness (QED) is 0.803. The molecular weight excluding hydrogens is 287 g/mol. The Morgan fingerprint density at radius 2 is 2.10 bits per heavy atom. The number of imidazole rings is 1. The summed E-state index contributed by atoms with van der Waals surface area (Å²) in [5.41, 5.74) is 1.64. The zero-order chi connectivity index (χ0) is 15.3. The van der Waals surface area contributed by atoms with Crippen LogP contribution in [0.3, 0.4) is 0 Å². The number of amides is 1. The van der Waals surface area contributed by atoms with Gasteiger partial charge in [-0.25, -0.2) is 4.98 Å². The van der Waals surface area contributed by atoms with Crippen LogP contribution in [-0.2, 0) is 16.1 Å². The van der Waals surface area contributed by atoms with Gasteiger partial charge in [0.2, 0.25) is 5.91 Å². The van der Waals surface area contributed by atoms with Crippen LogP contribution < -0.4 is 5.32 Å². The number of para-hydroxylation sites is 2. The average Bonchev–Trinajstić information content (AvgIpc) is 2.83. The van der Waals surface area contributed by atoms with Crippen molar-refractivity contribution >= 4 is 16.9 Å². The van der Waals surface area contributed by atoms with Gasteiger partial charge in [0.15, 0.2) is 0 Å². The summed E-state index contributed by atoms with van der Waals surface area (Å²) in [5.74, 6) is 0.193. The molecule has 1 amide bonds. The van der Waals surface area contributed by atoms with E-state index in [1.165, 1.54) is 0 Å². The molecule has 2 N–H and O–H groups in total. The van der Waals surface area contributed by atoms with E-state index in [2.05, 4.69) is 20.0 Å². The van der Waals surface area contributed by atoms with Crippen LogP contribution in [0.15, 0.2) is 24.3 Å². The van der Waals surface area contributed by atoms with Gasteiger partial charge in [0, 0.05) is 6.42 Å². The molecular formula is C13H14F3N3O2. The van der Waals surface area contributed by atoms with E-state index in [4.69, 9.17) is 0 Å². The highest BCUT2D eigenvalue weighted by Gasteiger charge is 2.27. The zero-order valence-corrected chi connectivity index (χ0v) is 11.0. The molecule has 0 bridgehead atoms. The van der Waals surface area contributed by atoms with Crippen LogP contribution in [0.2, 0.25) is 0 Å². The lowest BCUT2D eigenvalue weighted by Gasteiger charge is -2.07. The monoisotopic (exact) mass is 301 g/mol. The lowest BCUT2D eigenvalue weighted by molar-refractivity contribution is -0.174. The molecule has 0 unspecified atom stereocenters. The molecule has 8 heteroatoms. The van der Waals surface area contributed by atoms with Gasteiger partial charge in [-0.05, 0) is 12.1 Å². The maximum atomic E-state index is 11.8. The maximum Gasteiger partial charge on any atom is 0.411 e. The van der Waals surface area contributed by atoms with Gasteiger partial charge in [0.1, 0.15) is 12.4 Å². The molecule has 0 saturated carbocycles. The predicted molar refractivity (Wildman–Crippen MR) is 69.4 cm³/mol. The second-order valence-electron chi connectivity index (χ2n) is 4.40. The summed E-state index contributed by atoms with van der Waals surface area (Å²) in [7, 11) is 0. The van der Waals surface area contributed by atoms with Gasteiger partial charge >= 0.3 is 6.18 Å². The van der Waals surface area contributed by atoms with Gasteiger partial charge in [0.05, 0.1) is 24.2 Å².